The molecule has 2 aromatic carbocycles. The van der Waals surface area contributed by atoms with E-state index in [1.807, 2.05) is 61.5 Å². The highest BCUT2D eigenvalue weighted by Gasteiger charge is 2.30. The minimum atomic E-state index is -0.208. The van der Waals surface area contributed by atoms with Crippen molar-refractivity contribution in [1.29, 1.82) is 0 Å². The van der Waals surface area contributed by atoms with Crippen molar-refractivity contribution in [1.82, 2.24) is 14.7 Å². The lowest BCUT2D eigenvalue weighted by Crippen LogP contribution is -2.30. The number of aryl methyl sites for hydroxylation is 1. The highest BCUT2D eigenvalue weighted by Crippen LogP contribution is 2.27. The Morgan fingerprint density at radius 1 is 1.07 bits per heavy atom. The zero-order valence-electron chi connectivity index (χ0n) is 16.6. The number of carbonyl (C=O) groups is 2. The van der Waals surface area contributed by atoms with Gasteiger partial charge in [-0.05, 0) is 31.5 Å². The van der Waals surface area contributed by atoms with Crippen LogP contribution in [0.3, 0.4) is 0 Å². The SMILES string of the molecule is CC(=O)N1CCC(C(=O)Nc2cc(-c3cccc(C)c3)nn2-c2ccccc2)C1. The molecule has 6 nitrogen and oxygen atoms in total. The third-order valence-corrected chi connectivity index (χ3v) is 5.28. The van der Waals surface area contributed by atoms with Crippen molar-refractivity contribution in [2.45, 2.75) is 20.3 Å². The van der Waals surface area contributed by atoms with Crippen molar-refractivity contribution >= 4 is 17.6 Å². The molecule has 1 aliphatic rings. The first-order valence-electron chi connectivity index (χ1n) is 9.80. The first-order chi connectivity index (χ1) is 14.0. The summed E-state index contributed by atoms with van der Waals surface area (Å²) in [5, 5.41) is 7.79. The molecule has 2 heterocycles. The molecule has 148 valence electrons. The number of carbonyl (C=O) groups excluding carboxylic acids is 2. The van der Waals surface area contributed by atoms with E-state index in [0.717, 1.165) is 22.5 Å². The monoisotopic (exact) mass is 388 g/mol. The number of aromatic nitrogens is 2. The molecule has 6 heteroatoms. The van der Waals surface area contributed by atoms with Crippen LogP contribution in [0, 0.1) is 12.8 Å². The lowest BCUT2D eigenvalue weighted by Gasteiger charge is -2.14. The molecule has 0 saturated carbocycles. The maximum atomic E-state index is 12.9. The van der Waals surface area contributed by atoms with Crippen LogP contribution in [0.15, 0.2) is 60.7 Å². The molecular formula is C23H24N4O2. The molecule has 29 heavy (non-hydrogen) atoms. The van der Waals surface area contributed by atoms with Gasteiger partial charge in [0.25, 0.3) is 0 Å². The largest absolute Gasteiger partial charge is 0.342 e. The molecule has 0 aliphatic carbocycles. The highest BCUT2D eigenvalue weighted by molar-refractivity contribution is 5.93. The maximum Gasteiger partial charge on any atom is 0.230 e. The summed E-state index contributed by atoms with van der Waals surface area (Å²) >= 11 is 0. The second kappa shape index (κ2) is 7.91. The van der Waals surface area contributed by atoms with Gasteiger partial charge in [0.1, 0.15) is 5.82 Å². The van der Waals surface area contributed by atoms with Crippen molar-refractivity contribution in [2.75, 3.05) is 18.4 Å². The van der Waals surface area contributed by atoms with E-state index in [-0.39, 0.29) is 17.7 Å². The van der Waals surface area contributed by atoms with Crippen molar-refractivity contribution in [3.63, 3.8) is 0 Å². The molecule has 1 aliphatic heterocycles. The van der Waals surface area contributed by atoms with E-state index in [2.05, 4.69) is 11.4 Å². The summed E-state index contributed by atoms with van der Waals surface area (Å²) in [4.78, 5) is 26.2. The van der Waals surface area contributed by atoms with E-state index in [0.29, 0.717) is 25.3 Å². The second-order valence-corrected chi connectivity index (χ2v) is 7.47. The molecule has 1 atom stereocenters. The molecule has 1 N–H and O–H groups in total. The number of nitrogens with zero attached hydrogens (tertiary/aromatic N) is 3. The Bertz CT molecular complexity index is 1040. The second-order valence-electron chi connectivity index (χ2n) is 7.47. The van der Waals surface area contributed by atoms with Gasteiger partial charge >= 0.3 is 0 Å². The number of nitrogens with one attached hydrogen (secondary N) is 1. The molecule has 1 saturated heterocycles. The van der Waals surface area contributed by atoms with Gasteiger partial charge < -0.3 is 10.2 Å². The lowest BCUT2D eigenvalue weighted by molar-refractivity contribution is -0.128. The van der Waals surface area contributed by atoms with Gasteiger partial charge in [-0.3, -0.25) is 9.59 Å². The van der Waals surface area contributed by atoms with E-state index >= 15 is 0 Å². The summed E-state index contributed by atoms with van der Waals surface area (Å²) in [6.45, 7) is 4.67. The molecule has 2 amide bonds. The van der Waals surface area contributed by atoms with Gasteiger partial charge in [-0.15, -0.1) is 0 Å². The van der Waals surface area contributed by atoms with Crippen LogP contribution in [0.5, 0.6) is 0 Å². The van der Waals surface area contributed by atoms with Crippen LogP contribution in [0.1, 0.15) is 18.9 Å². The van der Waals surface area contributed by atoms with E-state index in [1.54, 1.807) is 16.5 Å². The molecule has 1 aromatic heterocycles. The van der Waals surface area contributed by atoms with Gasteiger partial charge in [-0.2, -0.15) is 5.10 Å². The Labute approximate surface area is 170 Å². The summed E-state index contributed by atoms with van der Waals surface area (Å²) in [5.41, 5.74) is 3.82. The highest BCUT2D eigenvalue weighted by atomic mass is 16.2. The molecule has 4 rings (SSSR count). The Hall–Kier alpha value is -3.41. The van der Waals surface area contributed by atoms with Gasteiger partial charge in [0, 0.05) is 31.6 Å². The maximum absolute atomic E-state index is 12.9. The lowest BCUT2D eigenvalue weighted by atomic mass is 10.1. The fourth-order valence-corrected chi connectivity index (χ4v) is 3.67. The molecule has 3 aromatic rings. The summed E-state index contributed by atoms with van der Waals surface area (Å²) in [5.74, 6) is 0.345. The molecular weight excluding hydrogens is 364 g/mol. The summed E-state index contributed by atoms with van der Waals surface area (Å²) < 4.78 is 1.76. The Kier molecular flexibility index (Phi) is 5.16. The number of likely N-dealkylation sites (tertiary alicyclic amines) is 1. The minimum Gasteiger partial charge on any atom is -0.342 e. The zero-order valence-corrected chi connectivity index (χ0v) is 16.6. The van der Waals surface area contributed by atoms with Crippen molar-refractivity contribution in [2.24, 2.45) is 5.92 Å². The van der Waals surface area contributed by atoms with Crippen LogP contribution in [-0.4, -0.2) is 39.6 Å². The third-order valence-electron chi connectivity index (χ3n) is 5.28. The fraction of sp³-hybridized carbons (Fsp3) is 0.261. The predicted octanol–water partition coefficient (Wildman–Crippen LogP) is 3.65. The van der Waals surface area contributed by atoms with Gasteiger partial charge in [-0.25, -0.2) is 4.68 Å². The summed E-state index contributed by atoms with van der Waals surface area (Å²) in [6, 6.07) is 19.8. The number of rotatable bonds is 4. The summed E-state index contributed by atoms with van der Waals surface area (Å²) in [6.07, 6.45) is 0.676. The minimum absolute atomic E-state index is 0.0105. The van der Waals surface area contributed by atoms with Gasteiger partial charge in [0.2, 0.25) is 11.8 Å². The zero-order chi connectivity index (χ0) is 20.4. The standard InChI is InChI=1S/C23H24N4O2/c1-16-7-6-8-18(13-16)21-14-22(27(25-21)20-9-4-3-5-10-20)24-23(29)19-11-12-26(15-19)17(2)28/h3-10,13-14,19H,11-12,15H2,1-2H3,(H,24,29). The Morgan fingerprint density at radius 2 is 1.86 bits per heavy atom. The van der Waals surface area contributed by atoms with E-state index in [4.69, 9.17) is 5.10 Å². The Morgan fingerprint density at radius 3 is 2.55 bits per heavy atom. The normalized spacial score (nSPS) is 16.1. The molecule has 0 radical (unpaired) electrons. The number of benzene rings is 2. The first-order valence-corrected chi connectivity index (χ1v) is 9.80. The quantitative estimate of drug-likeness (QED) is 0.742. The van der Waals surface area contributed by atoms with Crippen LogP contribution in [0.2, 0.25) is 0 Å². The first kappa shape index (κ1) is 18.9. The molecule has 1 fully saturated rings. The third kappa shape index (κ3) is 4.06. The average Bonchev–Trinajstić information content (AvgIpc) is 3.36. The number of hydrogen-bond acceptors (Lipinski definition) is 3. The van der Waals surface area contributed by atoms with Crippen molar-refractivity contribution in [3.05, 3.63) is 66.2 Å². The number of anilines is 1. The van der Waals surface area contributed by atoms with Crippen molar-refractivity contribution < 1.29 is 9.59 Å². The van der Waals surface area contributed by atoms with Crippen molar-refractivity contribution in [3.8, 4) is 16.9 Å². The van der Waals surface area contributed by atoms with Gasteiger partial charge in [-0.1, -0.05) is 42.0 Å². The number of para-hydroxylation sites is 1. The topological polar surface area (TPSA) is 67.2 Å². The van der Waals surface area contributed by atoms with Crippen LogP contribution >= 0.6 is 0 Å². The molecule has 1 unspecified atom stereocenters. The number of hydrogen-bond donors (Lipinski definition) is 1. The van der Waals surface area contributed by atoms with Crippen LogP contribution in [0.4, 0.5) is 5.82 Å². The van der Waals surface area contributed by atoms with Crippen LogP contribution < -0.4 is 5.32 Å². The average molecular weight is 388 g/mol. The number of amides is 2. The summed E-state index contributed by atoms with van der Waals surface area (Å²) in [7, 11) is 0. The Balaban J connectivity index is 1.65. The van der Waals surface area contributed by atoms with Crippen LogP contribution in [0.25, 0.3) is 16.9 Å². The van der Waals surface area contributed by atoms with Gasteiger partial charge in [0.05, 0.1) is 17.3 Å². The van der Waals surface area contributed by atoms with E-state index in [1.165, 1.54) is 0 Å². The van der Waals surface area contributed by atoms with Crippen LogP contribution in [-0.2, 0) is 9.59 Å². The van der Waals surface area contributed by atoms with E-state index in [9.17, 15) is 9.59 Å². The van der Waals surface area contributed by atoms with Gasteiger partial charge in [0.15, 0.2) is 0 Å². The molecule has 0 bridgehead atoms. The smallest absolute Gasteiger partial charge is 0.230 e. The predicted molar refractivity (Wildman–Crippen MR) is 113 cm³/mol. The van der Waals surface area contributed by atoms with E-state index < -0.39 is 0 Å². The fourth-order valence-electron chi connectivity index (χ4n) is 3.67. The molecule has 0 spiro atoms.